The lowest BCUT2D eigenvalue weighted by molar-refractivity contribution is -0.384. The molecule has 1 rings (SSSR count). The standard InChI is InChI=1S/C12H13BrN2O6/c1-6(3-10(16)17)14-11-8(13)4-7(12(18)21-2)5-9(11)15(19)20/h4-6,14H,3H2,1-2H3,(H,16,17). The summed E-state index contributed by atoms with van der Waals surface area (Å²) in [5.41, 5.74) is -0.212. The predicted molar refractivity (Wildman–Crippen MR) is 77.5 cm³/mol. The molecule has 0 radical (unpaired) electrons. The molecule has 21 heavy (non-hydrogen) atoms. The van der Waals surface area contributed by atoms with Gasteiger partial charge in [-0.1, -0.05) is 0 Å². The van der Waals surface area contributed by atoms with E-state index in [1.165, 1.54) is 13.2 Å². The molecule has 2 N–H and O–H groups in total. The first-order valence-electron chi connectivity index (χ1n) is 5.80. The van der Waals surface area contributed by atoms with Crippen LogP contribution in [0.3, 0.4) is 0 Å². The third-order valence-electron chi connectivity index (χ3n) is 2.56. The highest BCUT2D eigenvalue weighted by Gasteiger charge is 2.23. The summed E-state index contributed by atoms with van der Waals surface area (Å²) in [5, 5.41) is 22.6. The largest absolute Gasteiger partial charge is 0.481 e. The summed E-state index contributed by atoms with van der Waals surface area (Å²) in [4.78, 5) is 32.6. The fourth-order valence-corrected chi connectivity index (χ4v) is 2.24. The van der Waals surface area contributed by atoms with Crippen molar-refractivity contribution in [1.82, 2.24) is 0 Å². The molecule has 0 heterocycles. The second-order valence-electron chi connectivity index (χ2n) is 4.24. The molecular weight excluding hydrogens is 348 g/mol. The van der Waals surface area contributed by atoms with E-state index in [0.29, 0.717) is 0 Å². The molecule has 0 aliphatic rings. The SMILES string of the molecule is COC(=O)c1cc(Br)c(NC(C)CC(=O)O)c([N+](=O)[O-])c1. The van der Waals surface area contributed by atoms with Crippen LogP contribution < -0.4 is 5.32 Å². The number of carbonyl (C=O) groups is 2. The van der Waals surface area contributed by atoms with E-state index in [4.69, 9.17) is 5.11 Å². The van der Waals surface area contributed by atoms with Gasteiger partial charge in [-0.3, -0.25) is 14.9 Å². The van der Waals surface area contributed by atoms with E-state index in [1.54, 1.807) is 6.92 Å². The molecule has 8 nitrogen and oxygen atoms in total. The predicted octanol–water partition coefficient (Wildman–Crippen LogP) is 2.42. The first kappa shape index (κ1) is 16.9. The third kappa shape index (κ3) is 4.42. The Bertz CT molecular complexity index is 589. The van der Waals surface area contributed by atoms with Gasteiger partial charge in [0, 0.05) is 16.6 Å². The maximum Gasteiger partial charge on any atom is 0.338 e. The van der Waals surface area contributed by atoms with Gasteiger partial charge in [0.25, 0.3) is 5.69 Å². The summed E-state index contributed by atoms with van der Waals surface area (Å²) in [6, 6.07) is 1.92. The summed E-state index contributed by atoms with van der Waals surface area (Å²) in [7, 11) is 1.17. The van der Waals surface area contributed by atoms with Gasteiger partial charge in [-0.15, -0.1) is 0 Å². The average Bonchev–Trinajstić information content (AvgIpc) is 2.38. The van der Waals surface area contributed by atoms with Crippen LogP contribution in [0.25, 0.3) is 0 Å². The van der Waals surface area contributed by atoms with Gasteiger partial charge in [-0.25, -0.2) is 4.79 Å². The fourth-order valence-electron chi connectivity index (χ4n) is 1.67. The average molecular weight is 361 g/mol. The number of hydrogen-bond acceptors (Lipinski definition) is 6. The topological polar surface area (TPSA) is 119 Å². The molecule has 0 bridgehead atoms. The van der Waals surface area contributed by atoms with Crippen LogP contribution >= 0.6 is 15.9 Å². The summed E-state index contributed by atoms with van der Waals surface area (Å²) in [5.74, 6) is -1.73. The van der Waals surface area contributed by atoms with E-state index in [-0.39, 0.29) is 27.8 Å². The number of carbonyl (C=O) groups excluding carboxylic acids is 1. The molecule has 114 valence electrons. The molecule has 0 fully saturated rings. The Morgan fingerprint density at radius 2 is 2.14 bits per heavy atom. The minimum atomic E-state index is -1.03. The van der Waals surface area contributed by atoms with Crippen molar-refractivity contribution in [2.45, 2.75) is 19.4 Å². The number of ether oxygens (including phenoxy) is 1. The number of aliphatic carboxylic acids is 1. The summed E-state index contributed by atoms with van der Waals surface area (Å²) in [6.45, 7) is 1.58. The molecule has 1 aromatic carbocycles. The van der Waals surface area contributed by atoms with Crippen LogP contribution in [-0.4, -0.2) is 35.1 Å². The number of esters is 1. The van der Waals surface area contributed by atoms with E-state index in [2.05, 4.69) is 26.0 Å². The second kappa shape index (κ2) is 7.02. The molecule has 0 spiro atoms. The number of hydrogen-bond donors (Lipinski definition) is 2. The molecule has 1 atom stereocenters. The van der Waals surface area contributed by atoms with Crippen LogP contribution in [-0.2, 0) is 9.53 Å². The Morgan fingerprint density at radius 3 is 2.62 bits per heavy atom. The van der Waals surface area contributed by atoms with E-state index in [0.717, 1.165) is 6.07 Å². The van der Waals surface area contributed by atoms with Crippen molar-refractivity contribution in [3.63, 3.8) is 0 Å². The number of nitro groups is 1. The molecule has 0 amide bonds. The number of anilines is 1. The van der Waals surface area contributed by atoms with Gasteiger partial charge in [-0.2, -0.15) is 0 Å². The summed E-state index contributed by atoms with van der Waals surface area (Å²) < 4.78 is 4.79. The zero-order valence-electron chi connectivity index (χ0n) is 11.3. The smallest absolute Gasteiger partial charge is 0.338 e. The first-order valence-corrected chi connectivity index (χ1v) is 6.60. The second-order valence-corrected chi connectivity index (χ2v) is 5.10. The fraction of sp³-hybridized carbons (Fsp3) is 0.333. The molecule has 9 heteroatoms. The number of nitrogens with one attached hydrogen (secondary N) is 1. The van der Waals surface area contributed by atoms with Crippen LogP contribution in [0.1, 0.15) is 23.7 Å². The first-order chi connectivity index (χ1) is 9.76. The van der Waals surface area contributed by atoms with E-state index in [9.17, 15) is 19.7 Å². The van der Waals surface area contributed by atoms with Crippen LogP contribution in [0.2, 0.25) is 0 Å². The number of carboxylic acid groups (broad SMARTS) is 1. The van der Waals surface area contributed by atoms with Gasteiger partial charge < -0.3 is 15.2 Å². The Kier molecular flexibility index (Phi) is 5.65. The van der Waals surface area contributed by atoms with Crippen LogP contribution in [0.4, 0.5) is 11.4 Å². The van der Waals surface area contributed by atoms with Gasteiger partial charge in [0.1, 0.15) is 5.69 Å². The lowest BCUT2D eigenvalue weighted by Gasteiger charge is -2.15. The maximum absolute atomic E-state index is 11.5. The highest BCUT2D eigenvalue weighted by molar-refractivity contribution is 9.10. The third-order valence-corrected chi connectivity index (χ3v) is 3.18. The van der Waals surface area contributed by atoms with Crippen molar-refractivity contribution >= 4 is 39.2 Å². The number of benzene rings is 1. The summed E-state index contributed by atoms with van der Waals surface area (Å²) >= 11 is 3.14. The number of rotatable bonds is 6. The Hall–Kier alpha value is -2.16. The summed E-state index contributed by atoms with van der Waals surface area (Å²) in [6.07, 6.45) is -0.206. The van der Waals surface area contributed by atoms with Gasteiger partial charge in [0.05, 0.1) is 24.0 Å². The van der Waals surface area contributed by atoms with E-state index >= 15 is 0 Å². The minimum Gasteiger partial charge on any atom is -0.481 e. The van der Waals surface area contributed by atoms with Crippen molar-refractivity contribution in [2.75, 3.05) is 12.4 Å². The van der Waals surface area contributed by atoms with Crippen molar-refractivity contribution < 1.29 is 24.4 Å². The molecule has 0 aliphatic carbocycles. The number of methoxy groups -OCH3 is 1. The zero-order valence-corrected chi connectivity index (χ0v) is 12.8. The Labute approximate surface area is 128 Å². The van der Waals surface area contributed by atoms with Crippen LogP contribution in [0.5, 0.6) is 0 Å². The molecule has 1 aromatic rings. The lowest BCUT2D eigenvalue weighted by Crippen LogP contribution is -2.20. The monoisotopic (exact) mass is 360 g/mol. The van der Waals surface area contributed by atoms with Crippen molar-refractivity contribution in [1.29, 1.82) is 0 Å². The van der Waals surface area contributed by atoms with E-state index in [1.807, 2.05) is 0 Å². The molecule has 0 aromatic heterocycles. The number of nitro benzene ring substituents is 1. The number of carboxylic acids is 1. The lowest BCUT2D eigenvalue weighted by atomic mass is 10.1. The number of nitrogens with zero attached hydrogens (tertiary/aromatic N) is 1. The molecule has 1 unspecified atom stereocenters. The molecule has 0 saturated carbocycles. The van der Waals surface area contributed by atoms with E-state index < -0.39 is 22.9 Å². The van der Waals surface area contributed by atoms with Gasteiger partial charge in [-0.05, 0) is 28.9 Å². The normalized spacial score (nSPS) is 11.6. The van der Waals surface area contributed by atoms with Crippen molar-refractivity contribution in [3.8, 4) is 0 Å². The van der Waals surface area contributed by atoms with Crippen LogP contribution in [0.15, 0.2) is 16.6 Å². The Morgan fingerprint density at radius 1 is 1.52 bits per heavy atom. The highest BCUT2D eigenvalue weighted by atomic mass is 79.9. The number of halogens is 1. The highest BCUT2D eigenvalue weighted by Crippen LogP contribution is 2.35. The van der Waals surface area contributed by atoms with Crippen molar-refractivity contribution in [3.05, 3.63) is 32.3 Å². The van der Waals surface area contributed by atoms with Gasteiger partial charge in [0.2, 0.25) is 0 Å². The van der Waals surface area contributed by atoms with Crippen molar-refractivity contribution in [2.24, 2.45) is 0 Å². The molecule has 0 saturated heterocycles. The van der Waals surface area contributed by atoms with Gasteiger partial charge in [0.15, 0.2) is 0 Å². The zero-order chi connectivity index (χ0) is 16.2. The van der Waals surface area contributed by atoms with Gasteiger partial charge >= 0.3 is 11.9 Å². The molecular formula is C12H13BrN2O6. The Balaban J connectivity index is 3.22. The minimum absolute atomic E-state index is 0.0208. The quantitative estimate of drug-likeness (QED) is 0.454. The van der Waals surface area contributed by atoms with Crippen LogP contribution in [0, 0.1) is 10.1 Å². The molecule has 0 aliphatic heterocycles. The maximum atomic E-state index is 11.5.